The van der Waals surface area contributed by atoms with Crippen LogP contribution >= 0.6 is 7.82 Å². The molecule has 0 aliphatic heterocycles. The number of rotatable bonds is 0. The lowest BCUT2D eigenvalue weighted by atomic mass is 14.0. The molecule has 0 aliphatic carbocycles. The van der Waals surface area contributed by atoms with Crippen LogP contribution in [-0.4, -0.2) is 39.9 Å². The molecule has 14 nitrogen and oxygen atoms in total. The highest BCUT2D eigenvalue weighted by molar-refractivity contribution is 7.80. The molecule has 0 saturated carbocycles. The van der Waals surface area contributed by atoms with E-state index in [0.29, 0.717) is 0 Å². The Morgan fingerprint density at radius 1 is 0.765 bits per heavy atom. The predicted molar refractivity (Wildman–Crippen MR) is 50.1 cm³/mol. The molecule has 0 radical (unpaired) electrons. The van der Waals surface area contributed by atoms with E-state index in [4.69, 9.17) is 54.3 Å². The lowest BCUT2D eigenvalue weighted by molar-refractivity contribution is -0.337. The fourth-order valence-corrected chi connectivity index (χ4v) is 0. The number of hydrogen-bond acceptors (Lipinski definition) is 7. The van der Waals surface area contributed by atoms with Gasteiger partial charge >= 0.3 is 20.8 Å². The van der Waals surface area contributed by atoms with Crippen molar-refractivity contribution in [2.45, 2.75) is 0 Å². The Morgan fingerprint density at radius 2 is 0.765 bits per heavy atom. The summed E-state index contributed by atoms with van der Waals surface area (Å²) in [4.78, 5) is 24.3. The quantitative estimate of drug-likeness (QED) is 0.176. The standard InChI is InChI=1S/2H3N.H3O4P.2H2O4S/c;;3*1-5(2,3)4/h2*1H3;(H3,1,2,3,4);2*(H2,1,2,3,4). The molecule has 0 rings (SSSR count). The Bertz CT molecular complexity index is 330. The van der Waals surface area contributed by atoms with Crippen molar-refractivity contribution in [2.24, 2.45) is 0 Å². The van der Waals surface area contributed by atoms with E-state index in [1.165, 1.54) is 0 Å². The Hall–Kier alpha value is -0.230. The highest BCUT2D eigenvalue weighted by Crippen LogP contribution is 2.11. The van der Waals surface area contributed by atoms with Crippen LogP contribution in [0.15, 0.2) is 0 Å². The van der Waals surface area contributed by atoms with Gasteiger partial charge in [0.15, 0.2) is 0 Å². The molecule has 0 bridgehead atoms. The van der Waals surface area contributed by atoms with E-state index in [-0.39, 0.29) is 12.3 Å². The highest BCUT2D eigenvalue weighted by Gasteiger charge is 1.85. The van der Waals surface area contributed by atoms with E-state index in [0.717, 1.165) is 0 Å². The van der Waals surface area contributed by atoms with Crippen LogP contribution in [0.5, 0.6) is 0 Å². The fraction of sp³-hybridized carbons (Fsp3) is 0. The summed E-state index contributed by atoms with van der Waals surface area (Å²) in [5, 5.41) is 0. The van der Waals surface area contributed by atoms with Crippen molar-refractivity contribution < 1.29 is 54.3 Å². The molecule has 0 aliphatic rings. The van der Waals surface area contributed by atoms with Crippen molar-refractivity contribution in [3.05, 3.63) is 0 Å². The van der Waals surface area contributed by atoms with Gasteiger partial charge in [-0.15, -0.1) is 0 Å². The van der Waals surface area contributed by atoms with Gasteiger partial charge < -0.3 is 31.5 Å². The third-order valence-electron chi connectivity index (χ3n) is 0. The average Bonchev–Trinajstić information content (AvgIpc) is 1.41. The van der Waals surface area contributed by atoms with Crippen LogP contribution in [0.1, 0.15) is 0 Å². The topological polar surface area (TPSA) is 306 Å². The van der Waals surface area contributed by atoms with Crippen LogP contribution < -0.4 is 22.1 Å². The van der Waals surface area contributed by atoms with Gasteiger partial charge in [0.05, 0.1) is 7.82 Å². The minimum Gasteiger partial charge on any atom is -0.790 e. The zero-order valence-electron chi connectivity index (χ0n) is 8.36. The fourth-order valence-electron chi connectivity index (χ4n) is 0. The van der Waals surface area contributed by atoms with Crippen molar-refractivity contribution in [1.29, 1.82) is 0 Å². The van der Waals surface area contributed by atoms with E-state index >= 15 is 0 Å². The molecule has 0 atom stereocenters. The maximum atomic E-state index is 8.74. The summed E-state index contributed by atoms with van der Waals surface area (Å²) in [7, 11) is -14.5. The van der Waals surface area contributed by atoms with Gasteiger partial charge in [0.2, 0.25) is 0 Å². The van der Waals surface area contributed by atoms with E-state index < -0.39 is 28.6 Å². The van der Waals surface area contributed by atoms with Gasteiger partial charge in [-0.1, -0.05) is 0 Å². The zero-order valence-corrected chi connectivity index (χ0v) is 10.9. The smallest absolute Gasteiger partial charge is 0.394 e. The van der Waals surface area contributed by atoms with Crippen LogP contribution in [0.25, 0.3) is 0 Å². The second kappa shape index (κ2) is 10.9. The number of phosphoric acid groups is 1. The molecule has 0 fully saturated rings. The Labute approximate surface area is 95.9 Å². The van der Waals surface area contributed by atoms with Crippen molar-refractivity contribution >= 4 is 28.6 Å². The minimum absolute atomic E-state index is 0. The van der Waals surface area contributed by atoms with Crippen LogP contribution in [0.2, 0.25) is 0 Å². The van der Waals surface area contributed by atoms with E-state index in [1.807, 2.05) is 0 Å². The Balaban J connectivity index is -0.0000000400. The normalized spacial score (nSPS) is 10.3. The first-order chi connectivity index (χ1) is 6.00. The van der Waals surface area contributed by atoms with Gasteiger partial charge in [0.1, 0.15) is 0 Å². The number of hydrogen-bond donors (Lipinski definition) is 7. The van der Waals surface area contributed by atoms with Crippen molar-refractivity contribution in [3.8, 4) is 0 Å². The highest BCUT2D eigenvalue weighted by atomic mass is 32.3. The third-order valence-corrected chi connectivity index (χ3v) is 0. The molecule has 0 saturated heterocycles. The average molecular weight is 328 g/mol. The lowest BCUT2D eigenvalue weighted by Gasteiger charge is -2.19. The summed E-state index contributed by atoms with van der Waals surface area (Å²) in [6, 6.07) is 0. The Morgan fingerprint density at radius 3 is 0.765 bits per heavy atom. The van der Waals surface area contributed by atoms with E-state index in [9.17, 15) is 0 Å². The van der Waals surface area contributed by atoms with Gasteiger partial charge in [0, 0.05) is 0 Å². The minimum atomic E-state index is -5.14. The van der Waals surface area contributed by atoms with Crippen LogP contribution in [0.4, 0.5) is 0 Å². The van der Waals surface area contributed by atoms with Crippen LogP contribution in [0.3, 0.4) is 0 Å². The summed E-state index contributed by atoms with van der Waals surface area (Å²) in [5.41, 5.74) is 0. The SMILES string of the molecule is O=P([O-])([O-])O.O=S(=O)(O)O.O=S(=O)(O)O.[NH4+].[NH4+]. The van der Waals surface area contributed by atoms with Gasteiger partial charge in [-0.3, -0.25) is 18.2 Å². The second-order valence-corrected chi connectivity index (χ2v) is 4.09. The molecule has 0 aromatic heterocycles. The summed E-state index contributed by atoms with van der Waals surface area (Å²) in [6.45, 7) is 0. The van der Waals surface area contributed by atoms with Crippen molar-refractivity contribution in [3.63, 3.8) is 0 Å². The first-order valence-electron chi connectivity index (χ1n) is 2.14. The Kier molecular flexibility index (Phi) is 19.3. The maximum Gasteiger partial charge on any atom is 0.394 e. The monoisotopic (exact) mass is 328 g/mol. The molecule has 112 valence electrons. The molecule has 0 unspecified atom stereocenters. The van der Waals surface area contributed by atoms with Crippen LogP contribution in [0, 0.1) is 0 Å². The first kappa shape index (κ1) is 30.1. The summed E-state index contributed by atoms with van der Waals surface area (Å²) < 4.78 is 71.8. The summed E-state index contributed by atoms with van der Waals surface area (Å²) in [5.74, 6) is 0. The predicted octanol–water partition coefficient (Wildman–Crippen LogP) is -2.75. The molecule has 17 heavy (non-hydrogen) atoms. The molecule has 13 N–H and O–H groups in total. The third kappa shape index (κ3) is 56500. The second-order valence-electron chi connectivity index (χ2n) is 1.36. The van der Waals surface area contributed by atoms with E-state index in [2.05, 4.69) is 0 Å². The molecule has 0 aromatic rings. The summed E-state index contributed by atoms with van der Waals surface area (Å²) in [6.07, 6.45) is 0. The zero-order chi connectivity index (χ0) is 13.5. The largest absolute Gasteiger partial charge is 0.790 e. The molecular formula is H13N2O12PS2. The number of quaternary nitrogens is 2. The molecule has 0 aromatic carbocycles. The van der Waals surface area contributed by atoms with Gasteiger partial charge in [-0.05, 0) is 0 Å². The van der Waals surface area contributed by atoms with E-state index in [1.54, 1.807) is 0 Å². The van der Waals surface area contributed by atoms with Gasteiger partial charge in [-0.25, -0.2) is 0 Å². The van der Waals surface area contributed by atoms with Crippen LogP contribution in [-0.2, 0) is 25.4 Å². The first-order valence-corrected chi connectivity index (χ1v) is 6.43. The van der Waals surface area contributed by atoms with Crippen molar-refractivity contribution in [1.82, 2.24) is 12.3 Å². The molecule has 0 spiro atoms. The van der Waals surface area contributed by atoms with Gasteiger partial charge in [0.25, 0.3) is 0 Å². The molecule has 0 heterocycles. The molecule has 0 amide bonds. The molecular weight excluding hydrogens is 315 g/mol. The molecule has 17 heteroatoms. The summed E-state index contributed by atoms with van der Waals surface area (Å²) >= 11 is 0. The maximum absolute atomic E-state index is 8.74. The van der Waals surface area contributed by atoms with Gasteiger partial charge in [-0.2, -0.15) is 16.8 Å². The lowest BCUT2D eigenvalue weighted by Crippen LogP contribution is -2.11. The van der Waals surface area contributed by atoms with Crippen molar-refractivity contribution in [2.75, 3.05) is 0 Å².